The lowest BCUT2D eigenvalue weighted by Crippen LogP contribution is -1.95. The van der Waals surface area contributed by atoms with Crippen LogP contribution in [0.25, 0.3) is 71.3 Å². The van der Waals surface area contributed by atoms with E-state index in [-0.39, 0.29) is 0 Å². The maximum absolute atomic E-state index is 2.43. The van der Waals surface area contributed by atoms with Gasteiger partial charge in [0.25, 0.3) is 0 Å². The van der Waals surface area contributed by atoms with Gasteiger partial charge in [0, 0.05) is 37.0 Å². The van der Waals surface area contributed by atoms with Crippen LogP contribution in [0, 0.1) is 0 Å². The fourth-order valence-electron chi connectivity index (χ4n) is 6.71. The first-order valence-electron chi connectivity index (χ1n) is 13.7. The highest BCUT2D eigenvalue weighted by atomic mass is 32.2. The van der Waals surface area contributed by atoms with Gasteiger partial charge in [0.2, 0.25) is 0 Å². The van der Waals surface area contributed by atoms with Crippen LogP contribution in [-0.2, 0) is 0 Å². The Bertz CT molecular complexity index is 2290. The minimum Gasteiger partial charge on any atom is -0.309 e. The van der Waals surface area contributed by atoms with Crippen LogP contribution in [-0.4, -0.2) is 4.57 Å². The van der Waals surface area contributed by atoms with Crippen molar-refractivity contribution in [2.45, 2.75) is 9.79 Å². The van der Waals surface area contributed by atoms with Gasteiger partial charge in [0.1, 0.15) is 0 Å². The van der Waals surface area contributed by atoms with Crippen molar-refractivity contribution >= 4 is 55.1 Å². The zero-order valence-corrected chi connectivity index (χ0v) is 22.5. The SMILES string of the molecule is c1ccc(-n2c3ccccc3c3ccc4c(-c5ccc6c7c(cccc57)-c5ccccc5S6)cccc4c32)cc1. The summed E-state index contributed by atoms with van der Waals surface area (Å²) in [7, 11) is 0. The monoisotopic (exact) mass is 525 g/mol. The molecule has 0 unspecified atom stereocenters. The Morgan fingerprint density at radius 3 is 1.95 bits per heavy atom. The Kier molecular flexibility index (Phi) is 4.61. The highest BCUT2D eigenvalue weighted by molar-refractivity contribution is 7.99. The highest BCUT2D eigenvalue weighted by Crippen LogP contribution is 2.50. The molecule has 0 atom stereocenters. The fraction of sp³-hybridized carbons (Fsp3) is 0. The molecule has 0 saturated carbocycles. The summed E-state index contributed by atoms with van der Waals surface area (Å²) in [6.07, 6.45) is 0. The summed E-state index contributed by atoms with van der Waals surface area (Å²) in [5.74, 6) is 0. The lowest BCUT2D eigenvalue weighted by atomic mass is 9.90. The second kappa shape index (κ2) is 8.35. The van der Waals surface area contributed by atoms with Crippen LogP contribution in [0.2, 0.25) is 0 Å². The number of nitrogens with zero attached hydrogens (tertiary/aromatic N) is 1. The van der Waals surface area contributed by atoms with Crippen LogP contribution in [0.5, 0.6) is 0 Å². The van der Waals surface area contributed by atoms with Crippen molar-refractivity contribution in [2.75, 3.05) is 0 Å². The van der Waals surface area contributed by atoms with E-state index in [0.29, 0.717) is 0 Å². The molecule has 1 nitrogen and oxygen atoms in total. The molecule has 2 heterocycles. The molecule has 2 heteroatoms. The average molecular weight is 526 g/mol. The largest absolute Gasteiger partial charge is 0.309 e. The smallest absolute Gasteiger partial charge is 0.0619 e. The summed E-state index contributed by atoms with van der Waals surface area (Å²) in [4.78, 5) is 2.66. The summed E-state index contributed by atoms with van der Waals surface area (Å²) < 4.78 is 2.43. The van der Waals surface area contributed by atoms with E-state index in [9.17, 15) is 0 Å². The Morgan fingerprint density at radius 1 is 0.375 bits per heavy atom. The Hall–Kier alpha value is -4.79. The molecule has 7 aromatic carbocycles. The van der Waals surface area contributed by atoms with Gasteiger partial charge in [-0.2, -0.15) is 0 Å². The molecule has 0 fully saturated rings. The number of para-hydroxylation sites is 2. The lowest BCUT2D eigenvalue weighted by molar-refractivity contribution is 1.19. The molecule has 1 aromatic heterocycles. The maximum Gasteiger partial charge on any atom is 0.0619 e. The lowest BCUT2D eigenvalue weighted by Gasteiger charge is -2.22. The predicted molar refractivity (Wildman–Crippen MR) is 171 cm³/mol. The third-order valence-electron chi connectivity index (χ3n) is 8.40. The van der Waals surface area contributed by atoms with Crippen LogP contribution in [0.3, 0.4) is 0 Å². The minimum absolute atomic E-state index is 1.18. The number of rotatable bonds is 2. The topological polar surface area (TPSA) is 4.93 Å². The van der Waals surface area contributed by atoms with Gasteiger partial charge in [0.05, 0.1) is 11.0 Å². The van der Waals surface area contributed by atoms with Gasteiger partial charge in [0.15, 0.2) is 0 Å². The van der Waals surface area contributed by atoms with Gasteiger partial charge in [-0.3, -0.25) is 0 Å². The number of hydrogen-bond donors (Lipinski definition) is 0. The van der Waals surface area contributed by atoms with Gasteiger partial charge in [-0.15, -0.1) is 0 Å². The first-order valence-corrected chi connectivity index (χ1v) is 14.5. The molecule has 0 amide bonds. The van der Waals surface area contributed by atoms with E-state index in [1.54, 1.807) is 0 Å². The quantitative estimate of drug-likeness (QED) is 0.217. The van der Waals surface area contributed by atoms with Crippen molar-refractivity contribution in [2.24, 2.45) is 0 Å². The van der Waals surface area contributed by atoms with Crippen LogP contribution in [0.1, 0.15) is 0 Å². The zero-order valence-electron chi connectivity index (χ0n) is 21.6. The fourth-order valence-corrected chi connectivity index (χ4v) is 7.84. The minimum atomic E-state index is 1.18. The van der Waals surface area contributed by atoms with Crippen molar-refractivity contribution in [3.05, 3.63) is 140 Å². The standard InChI is InChI=1S/C38H23NS/c1-2-10-24(11-3-1)39-34-18-6-4-12-28(34)33-21-20-27-25(14-8-17-32(27)38(33)39)26-22-23-36-37-30(26)15-9-16-31(37)29-13-5-7-19-35(29)40-36/h1-23H. The molecule has 0 saturated heterocycles. The van der Waals surface area contributed by atoms with Crippen molar-refractivity contribution in [3.63, 3.8) is 0 Å². The summed E-state index contributed by atoms with van der Waals surface area (Å²) in [6, 6.07) is 51.2. The van der Waals surface area contributed by atoms with E-state index in [2.05, 4.69) is 144 Å². The molecule has 0 bridgehead atoms. The van der Waals surface area contributed by atoms with Crippen LogP contribution >= 0.6 is 11.8 Å². The maximum atomic E-state index is 2.43. The molecule has 8 aromatic rings. The highest BCUT2D eigenvalue weighted by Gasteiger charge is 2.22. The van der Waals surface area contributed by atoms with E-state index in [4.69, 9.17) is 0 Å². The van der Waals surface area contributed by atoms with E-state index in [1.165, 1.54) is 81.1 Å². The second-order valence-electron chi connectivity index (χ2n) is 10.5. The summed E-state index contributed by atoms with van der Waals surface area (Å²) in [5.41, 5.74) is 8.90. The van der Waals surface area contributed by atoms with Crippen LogP contribution < -0.4 is 0 Å². The zero-order chi connectivity index (χ0) is 26.2. The third-order valence-corrected chi connectivity index (χ3v) is 9.53. The second-order valence-corrected chi connectivity index (χ2v) is 11.6. The molecular formula is C38H23NS. The third kappa shape index (κ3) is 3.00. The normalized spacial score (nSPS) is 12.4. The van der Waals surface area contributed by atoms with Crippen molar-refractivity contribution in [1.29, 1.82) is 0 Å². The molecule has 186 valence electrons. The van der Waals surface area contributed by atoms with Gasteiger partial charge in [-0.1, -0.05) is 121 Å². The van der Waals surface area contributed by atoms with Gasteiger partial charge in [-0.25, -0.2) is 0 Å². The van der Waals surface area contributed by atoms with E-state index >= 15 is 0 Å². The number of hydrogen-bond acceptors (Lipinski definition) is 1. The molecule has 1 aliphatic rings. The average Bonchev–Trinajstić information content (AvgIpc) is 3.37. The number of aromatic nitrogens is 1. The van der Waals surface area contributed by atoms with Gasteiger partial charge < -0.3 is 4.57 Å². The summed E-state index contributed by atoms with van der Waals surface area (Å²) in [6.45, 7) is 0. The molecule has 9 rings (SSSR count). The molecule has 0 radical (unpaired) electrons. The van der Waals surface area contributed by atoms with Crippen molar-refractivity contribution in [3.8, 4) is 27.9 Å². The molecule has 40 heavy (non-hydrogen) atoms. The summed E-state index contributed by atoms with van der Waals surface area (Å²) >= 11 is 1.88. The van der Waals surface area contributed by atoms with Crippen LogP contribution in [0.4, 0.5) is 0 Å². The Morgan fingerprint density at radius 2 is 1.02 bits per heavy atom. The predicted octanol–water partition coefficient (Wildman–Crippen LogP) is 10.9. The van der Waals surface area contributed by atoms with E-state index in [1.807, 2.05) is 11.8 Å². The van der Waals surface area contributed by atoms with Crippen molar-refractivity contribution in [1.82, 2.24) is 4.57 Å². The summed E-state index contributed by atoms with van der Waals surface area (Å²) in [5, 5.41) is 7.79. The molecule has 0 spiro atoms. The first-order chi connectivity index (χ1) is 19.9. The Labute approximate surface area is 236 Å². The van der Waals surface area contributed by atoms with E-state index < -0.39 is 0 Å². The molecule has 0 aliphatic carbocycles. The Balaban J connectivity index is 1.38. The molecule has 1 aliphatic heterocycles. The van der Waals surface area contributed by atoms with Gasteiger partial charge in [-0.05, 0) is 63.4 Å². The van der Waals surface area contributed by atoms with Gasteiger partial charge >= 0.3 is 0 Å². The number of fused-ring (bicyclic) bond motifs is 7. The number of benzene rings is 7. The first kappa shape index (κ1) is 22.1. The van der Waals surface area contributed by atoms with Crippen LogP contribution in [0.15, 0.2) is 149 Å². The van der Waals surface area contributed by atoms with E-state index in [0.717, 1.165) is 0 Å². The van der Waals surface area contributed by atoms with Crippen molar-refractivity contribution < 1.29 is 0 Å². The molecular weight excluding hydrogens is 502 g/mol. The molecule has 0 N–H and O–H groups in total.